The molecule has 0 atom stereocenters. The second-order valence-electron chi connectivity index (χ2n) is 3.78. The molecule has 0 aliphatic rings. The van der Waals surface area contributed by atoms with E-state index in [1.54, 1.807) is 18.2 Å². The number of aromatic nitrogens is 4. The van der Waals surface area contributed by atoms with Crippen LogP contribution in [0.3, 0.4) is 0 Å². The summed E-state index contributed by atoms with van der Waals surface area (Å²) >= 11 is 0. The van der Waals surface area contributed by atoms with Crippen LogP contribution in [0.25, 0.3) is 28.3 Å². The maximum Gasteiger partial charge on any atom is 0.327 e. The predicted molar refractivity (Wildman–Crippen MR) is 68.4 cm³/mol. The summed E-state index contributed by atoms with van der Waals surface area (Å²) in [5, 5.41) is 0. The monoisotopic (exact) mass is 240 g/mol. The van der Waals surface area contributed by atoms with Crippen molar-refractivity contribution >= 4 is 28.3 Å². The number of fused-ring (bicyclic) bond motifs is 2. The Bertz CT molecular complexity index is 892. The molecule has 6 heteroatoms. The Morgan fingerprint density at radius 1 is 1.11 bits per heavy atom. The van der Waals surface area contributed by atoms with Crippen LogP contribution in [0, 0.1) is 0 Å². The molecule has 0 spiro atoms. The second-order valence-corrected chi connectivity index (χ2v) is 3.78. The third-order valence-corrected chi connectivity index (χ3v) is 2.60. The Balaban J connectivity index is 2.50. The zero-order chi connectivity index (χ0) is 12.7. The fourth-order valence-electron chi connectivity index (χ4n) is 1.74. The number of nitrogens with one attached hydrogen (secondary N) is 2. The van der Waals surface area contributed by atoms with E-state index in [4.69, 9.17) is 0 Å². The molecule has 0 amide bonds. The van der Waals surface area contributed by atoms with Gasteiger partial charge in [-0.15, -0.1) is 0 Å². The summed E-state index contributed by atoms with van der Waals surface area (Å²) in [6.45, 7) is 3.67. The van der Waals surface area contributed by atoms with E-state index in [-0.39, 0.29) is 11.2 Å². The maximum atomic E-state index is 11.6. The minimum atomic E-state index is -0.596. The molecule has 2 aromatic heterocycles. The second kappa shape index (κ2) is 3.63. The van der Waals surface area contributed by atoms with E-state index in [0.29, 0.717) is 11.0 Å². The first kappa shape index (κ1) is 10.4. The van der Waals surface area contributed by atoms with Crippen LogP contribution in [0.5, 0.6) is 0 Å². The van der Waals surface area contributed by atoms with Gasteiger partial charge in [0.1, 0.15) is 0 Å². The van der Waals surface area contributed by atoms with Gasteiger partial charge in [-0.2, -0.15) is 0 Å². The van der Waals surface area contributed by atoms with Crippen molar-refractivity contribution in [2.24, 2.45) is 0 Å². The van der Waals surface area contributed by atoms with Crippen LogP contribution < -0.4 is 11.2 Å². The topological polar surface area (TPSA) is 91.5 Å². The standard InChI is InChI=1S/C12H8N4O2/c1-2-6-3-4-7-8(5-6)14-10-9(13-7)11(17)16-12(18)15-10/h2-5H,1H2,(H2,14,15,16,17,18). The lowest BCUT2D eigenvalue weighted by atomic mass is 10.2. The van der Waals surface area contributed by atoms with E-state index in [1.807, 2.05) is 6.07 Å². The Morgan fingerprint density at radius 3 is 2.72 bits per heavy atom. The number of aromatic amines is 2. The van der Waals surface area contributed by atoms with Crippen molar-refractivity contribution < 1.29 is 0 Å². The maximum absolute atomic E-state index is 11.6. The third kappa shape index (κ3) is 1.51. The first-order chi connectivity index (χ1) is 8.67. The zero-order valence-electron chi connectivity index (χ0n) is 9.23. The van der Waals surface area contributed by atoms with E-state index in [1.165, 1.54) is 0 Å². The zero-order valence-corrected chi connectivity index (χ0v) is 9.23. The molecule has 0 radical (unpaired) electrons. The Hall–Kier alpha value is -2.76. The van der Waals surface area contributed by atoms with Gasteiger partial charge in [-0.1, -0.05) is 18.7 Å². The number of hydrogen-bond donors (Lipinski definition) is 2. The highest BCUT2D eigenvalue weighted by molar-refractivity contribution is 5.84. The van der Waals surface area contributed by atoms with Gasteiger partial charge < -0.3 is 0 Å². The molecule has 0 saturated heterocycles. The van der Waals surface area contributed by atoms with Gasteiger partial charge in [0.15, 0.2) is 11.2 Å². The number of rotatable bonds is 1. The smallest absolute Gasteiger partial charge is 0.290 e. The molecule has 2 heterocycles. The van der Waals surface area contributed by atoms with Gasteiger partial charge in [0.25, 0.3) is 5.56 Å². The summed E-state index contributed by atoms with van der Waals surface area (Å²) in [7, 11) is 0. The lowest BCUT2D eigenvalue weighted by Gasteiger charge is -2.00. The molecule has 0 saturated carbocycles. The fourth-order valence-corrected chi connectivity index (χ4v) is 1.74. The van der Waals surface area contributed by atoms with Crippen molar-refractivity contribution in [3.05, 3.63) is 51.2 Å². The molecule has 6 nitrogen and oxygen atoms in total. The number of H-pyrrole nitrogens is 2. The summed E-state index contributed by atoms with van der Waals surface area (Å²) in [4.78, 5) is 35.7. The van der Waals surface area contributed by atoms with Gasteiger partial charge >= 0.3 is 5.69 Å². The predicted octanol–water partition coefficient (Wildman–Crippen LogP) is 0.803. The van der Waals surface area contributed by atoms with Crippen LogP contribution in [0.4, 0.5) is 0 Å². The van der Waals surface area contributed by atoms with Crippen LogP contribution in [-0.4, -0.2) is 19.9 Å². The van der Waals surface area contributed by atoms with E-state index in [9.17, 15) is 9.59 Å². The molecule has 0 fully saturated rings. The van der Waals surface area contributed by atoms with Crippen LogP contribution in [-0.2, 0) is 0 Å². The molecule has 0 aliphatic carbocycles. The van der Waals surface area contributed by atoms with Crippen LogP contribution in [0.1, 0.15) is 5.56 Å². The van der Waals surface area contributed by atoms with Crippen molar-refractivity contribution in [2.75, 3.05) is 0 Å². The molecule has 0 aliphatic heterocycles. The number of nitrogens with zero attached hydrogens (tertiary/aromatic N) is 2. The highest BCUT2D eigenvalue weighted by atomic mass is 16.2. The quantitative estimate of drug-likeness (QED) is 0.615. The van der Waals surface area contributed by atoms with Gasteiger partial charge in [-0.05, 0) is 17.7 Å². The number of benzene rings is 1. The highest BCUT2D eigenvalue weighted by Crippen LogP contribution is 2.14. The first-order valence-corrected chi connectivity index (χ1v) is 5.24. The molecule has 0 bridgehead atoms. The molecule has 88 valence electrons. The Morgan fingerprint density at radius 2 is 1.94 bits per heavy atom. The molecule has 3 aromatic rings. The van der Waals surface area contributed by atoms with E-state index in [0.717, 1.165) is 5.56 Å². The van der Waals surface area contributed by atoms with Crippen molar-refractivity contribution in [1.82, 2.24) is 19.9 Å². The van der Waals surface area contributed by atoms with Crippen molar-refractivity contribution in [2.45, 2.75) is 0 Å². The minimum Gasteiger partial charge on any atom is -0.290 e. The summed E-state index contributed by atoms with van der Waals surface area (Å²) < 4.78 is 0. The number of hydrogen-bond acceptors (Lipinski definition) is 4. The molecule has 18 heavy (non-hydrogen) atoms. The molecule has 3 rings (SSSR count). The molecule has 0 unspecified atom stereocenters. The highest BCUT2D eigenvalue weighted by Gasteiger charge is 2.06. The SMILES string of the molecule is C=Cc1ccc2nc3c(=O)[nH]c(=O)[nH]c3nc2c1. The summed E-state index contributed by atoms with van der Waals surface area (Å²) in [5.74, 6) is 0. The van der Waals surface area contributed by atoms with Crippen LogP contribution in [0.15, 0.2) is 34.4 Å². The molecule has 2 N–H and O–H groups in total. The molecule has 1 aromatic carbocycles. The van der Waals surface area contributed by atoms with E-state index in [2.05, 4.69) is 26.5 Å². The average Bonchev–Trinajstić information content (AvgIpc) is 2.36. The largest absolute Gasteiger partial charge is 0.327 e. The lowest BCUT2D eigenvalue weighted by Crippen LogP contribution is -2.23. The van der Waals surface area contributed by atoms with Gasteiger partial charge in [0.05, 0.1) is 11.0 Å². The van der Waals surface area contributed by atoms with Crippen molar-refractivity contribution in [3.8, 4) is 0 Å². The first-order valence-electron chi connectivity index (χ1n) is 5.24. The lowest BCUT2D eigenvalue weighted by molar-refractivity contribution is 1.05. The van der Waals surface area contributed by atoms with Gasteiger partial charge in [0, 0.05) is 0 Å². The van der Waals surface area contributed by atoms with Crippen LogP contribution in [0.2, 0.25) is 0 Å². The van der Waals surface area contributed by atoms with Crippen LogP contribution >= 0.6 is 0 Å². The van der Waals surface area contributed by atoms with E-state index >= 15 is 0 Å². The summed E-state index contributed by atoms with van der Waals surface area (Å²) in [6, 6.07) is 5.37. The van der Waals surface area contributed by atoms with Crippen molar-refractivity contribution in [3.63, 3.8) is 0 Å². The summed E-state index contributed by atoms with van der Waals surface area (Å²) in [5.41, 5.74) is 1.23. The van der Waals surface area contributed by atoms with Gasteiger partial charge in [-0.3, -0.25) is 14.8 Å². The third-order valence-electron chi connectivity index (χ3n) is 2.60. The molecular formula is C12H8N4O2. The van der Waals surface area contributed by atoms with E-state index < -0.39 is 11.2 Å². The summed E-state index contributed by atoms with van der Waals surface area (Å²) in [6.07, 6.45) is 1.69. The molecular weight excluding hydrogens is 232 g/mol. The fraction of sp³-hybridized carbons (Fsp3) is 0. The van der Waals surface area contributed by atoms with Gasteiger partial charge in [-0.25, -0.2) is 14.8 Å². The Labute approximate surface area is 100 Å². The Kier molecular flexibility index (Phi) is 2.09. The minimum absolute atomic E-state index is 0.119. The normalized spacial score (nSPS) is 10.9. The van der Waals surface area contributed by atoms with Gasteiger partial charge in [0.2, 0.25) is 0 Å². The average molecular weight is 240 g/mol. The van der Waals surface area contributed by atoms with Crippen molar-refractivity contribution in [1.29, 1.82) is 0 Å².